The minimum absolute atomic E-state index is 0.213. The van der Waals surface area contributed by atoms with Crippen LogP contribution in [0.15, 0.2) is 24.3 Å². The Balaban J connectivity index is 2.42. The summed E-state index contributed by atoms with van der Waals surface area (Å²) in [5.41, 5.74) is 0.812. The number of hydrogen-bond acceptors (Lipinski definition) is 2. The van der Waals surface area contributed by atoms with Crippen LogP contribution in [0.5, 0.6) is 0 Å². The van der Waals surface area contributed by atoms with E-state index >= 15 is 0 Å². The Morgan fingerprint density at radius 1 is 1.35 bits per heavy atom. The molecule has 0 heterocycles. The van der Waals surface area contributed by atoms with Crippen molar-refractivity contribution in [3.8, 4) is 0 Å². The molecule has 0 aromatic heterocycles. The van der Waals surface area contributed by atoms with Crippen LogP contribution in [0, 0.1) is 0 Å². The summed E-state index contributed by atoms with van der Waals surface area (Å²) < 4.78 is 0. The van der Waals surface area contributed by atoms with Crippen molar-refractivity contribution in [3.05, 3.63) is 34.9 Å². The first kappa shape index (κ1) is 13.3. The molecule has 1 radical (unpaired) electrons. The predicted octanol–water partition coefficient (Wildman–Crippen LogP) is 1.13. The summed E-state index contributed by atoms with van der Waals surface area (Å²) in [7, 11) is 0. The van der Waals surface area contributed by atoms with E-state index < -0.39 is 18.5 Å². The number of carbonyl (C=O) groups excluding carboxylic acids is 1. The van der Waals surface area contributed by atoms with Crippen LogP contribution < -0.4 is 11.2 Å². The van der Waals surface area contributed by atoms with Gasteiger partial charge < -0.3 is 10.4 Å². The van der Waals surface area contributed by atoms with Gasteiger partial charge in [-0.05, 0) is 17.7 Å². The Morgan fingerprint density at radius 2 is 1.94 bits per heavy atom. The lowest BCUT2D eigenvalue weighted by atomic mass is 10.2. The number of carboxylic acids is 1. The molecular formula is C10H11ClN3O3. The molecule has 91 valence electrons. The first-order valence-electron chi connectivity index (χ1n) is 4.72. The molecule has 17 heavy (non-hydrogen) atoms. The van der Waals surface area contributed by atoms with Crippen LogP contribution in [-0.2, 0) is 11.3 Å². The Bertz CT molecular complexity index is 408. The number of nitrogens with zero attached hydrogens (tertiary/aromatic N) is 1. The summed E-state index contributed by atoms with van der Waals surface area (Å²) >= 11 is 5.69. The van der Waals surface area contributed by atoms with Crippen molar-refractivity contribution >= 4 is 23.6 Å². The van der Waals surface area contributed by atoms with Gasteiger partial charge in [0.1, 0.15) is 6.54 Å². The fourth-order valence-electron chi connectivity index (χ4n) is 1.08. The summed E-state index contributed by atoms with van der Waals surface area (Å²) in [6.45, 7) is -0.447. The Labute approximate surface area is 103 Å². The highest BCUT2D eigenvalue weighted by Gasteiger charge is 2.12. The molecule has 0 aliphatic carbocycles. The van der Waals surface area contributed by atoms with E-state index in [1.165, 1.54) is 0 Å². The van der Waals surface area contributed by atoms with Crippen LogP contribution in [0.1, 0.15) is 5.56 Å². The van der Waals surface area contributed by atoms with E-state index in [0.29, 0.717) is 10.0 Å². The summed E-state index contributed by atoms with van der Waals surface area (Å²) in [5.74, 6) is 5.89. The molecule has 0 aliphatic heterocycles. The van der Waals surface area contributed by atoms with Gasteiger partial charge in [0.15, 0.2) is 0 Å². The number of halogens is 1. The van der Waals surface area contributed by atoms with Crippen molar-refractivity contribution in [1.82, 2.24) is 16.2 Å². The fourth-order valence-corrected chi connectivity index (χ4v) is 1.21. The minimum atomic E-state index is -1.23. The largest absolute Gasteiger partial charge is 0.480 e. The smallest absolute Gasteiger partial charge is 0.333 e. The molecule has 0 bridgehead atoms. The molecule has 0 saturated heterocycles. The average Bonchev–Trinajstić information content (AvgIpc) is 2.27. The van der Waals surface area contributed by atoms with Crippen LogP contribution >= 0.6 is 11.6 Å². The van der Waals surface area contributed by atoms with E-state index in [4.69, 9.17) is 22.6 Å². The summed E-state index contributed by atoms with van der Waals surface area (Å²) in [6.07, 6.45) is 0. The number of aliphatic carboxylic acids is 1. The summed E-state index contributed by atoms with van der Waals surface area (Å²) in [6, 6.07) is 6.06. The van der Waals surface area contributed by atoms with Crippen molar-refractivity contribution < 1.29 is 14.7 Å². The van der Waals surface area contributed by atoms with Gasteiger partial charge in [-0.15, -0.1) is 5.84 Å². The lowest BCUT2D eigenvalue weighted by Gasteiger charge is -2.13. The average molecular weight is 257 g/mol. The van der Waals surface area contributed by atoms with Crippen LogP contribution in [0.2, 0.25) is 5.02 Å². The molecule has 3 N–H and O–H groups in total. The number of hydrogen-bond donors (Lipinski definition) is 2. The van der Waals surface area contributed by atoms with Gasteiger partial charge in [-0.1, -0.05) is 23.7 Å². The van der Waals surface area contributed by atoms with E-state index in [1.54, 1.807) is 24.3 Å². The van der Waals surface area contributed by atoms with Gasteiger partial charge in [0.25, 0.3) is 0 Å². The second-order valence-corrected chi connectivity index (χ2v) is 3.70. The standard InChI is InChI=1S/C10H11ClN3O3/c11-8-3-1-7(2-4-8)5-13-10(17)14(12)6-9(15)16/h1-4,12H,5-6H2,(H,13,17)(H,15,16). The zero-order chi connectivity index (χ0) is 12.8. The van der Waals surface area contributed by atoms with Gasteiger partial charge >= 0.3 is 12.0 Å². The quantitative estimate of drug-likeness (QED) is 0.791. The summed E-state index contributed by atoms with van der Waals surface area (Å²) in [5, 5.41) is 11.7. The maximum atomic E-state index is 11.3. The minimum Gasteiger partial charge on any atom is -0.480 e. The van der Waals surface area contributed by atoms with E-state index in [1.807, 2.05) is 0 Å². The number of urea groups is 1. The maximum absolute atomic E-state index is 11.3. The van der Waals surface area contributed by atoms with Gasteiger partial charge in [0.05, 0.1) is 0 Å². The van der Waals surface area contributed by atoms with E-state index in [-0.39, 0.29) is 6.54 Å². The van der Waals surface area contributed by atoms with E-state index in [0.717, 1.165) is 5.56 Å². The number of rotatable bonds is 4. The van der Waals surface area contributed by atoms with Crippen molar-refractivity contribution in [2.75, 3.05) is 6.54 Å². The van der Waals surface area contributed by atoms with Gasteiger partial charge in [-0.25, -0.2) is 9.80 Å². The lowest BCUT2D eigenvalue weighted by Crippen LogP contribution is -2.41. The molecule has 0 unspecified atom stereocenters. The van der Waals surface area contributed by atoms with E-state index in [2.05, 4.69) is 5.32 Å². The number of nitrogens with one attached hydrogen (secondary N) is 2. The first-order chi connectivity index (χ1) is 7.99. The van der Waals surface area contributed by atoms with E-state index in [9.17, 15) is 9.59 Å². The zero-order valence-electron chi connectivity index (χ0n) is 8.81. The van der Waals surface area contributed by atoms with Gasteiger partial charge in [-0.2, -0.15) is 0 Å². The SMILES string of the molecule is [NH]N(CC(=O)O)C(=O)NCc1ccc(Cl)cc1. The monoisotopic (exact) mass is 256 g/mol. The Hall–Kier alpha value is -1.79. The molecule has 0 aliphatic rings. The number of carboxylic acid groups (broad SMARTS) is 1. The Kier molecular flexibility index (Phi) is 4.74. The molecule has 0 atom stereocenters. The van der Waals surface area contributed by atoms with Crippen molar-refractivity contribution in [2.24, 2.45) is 0 Å². The fraction of sp³-hybridized carbons (Fsp3) is 0.200. The second-order valence-electron chi connectivity index (χ2n) is 3.27. The molecule has 1 rings (SSSR count). The maximum Gasteiger partial charge on any atom is 0.333 e. The Morgan fingerprint density at radius 3 is 2.47 bits per heavy atom. The van der Waals surface area contributed by atoms with Crippen molar-refractivity contribution in [3.63, 3.8) is 0 Å². The van der Waals surface area contributed by atoms with Crippen LogP contribution in [0.4, 0.5) is 4.79 Å². The van der Waals surface area contributed by atoms with Crippen molar-refractivity contribution in [1.29, 1.82) is 0 Å². The second kappa shape index (κ2) is 6.07. The number of benzene rings is 1. The summed E-state index contributed by atoms with van der Waals surface area (Å²) in [4.78, 5) is 21.5. The topological polar surface area (TPSA) is 93.4 Å². The molecule has 7 heteroatoms. The highest BCUT2D eigenvalue weighted by molar-refractivity contribution is 6.30. The van der Waals surface area contributed by atoms with Gasteiger partial charge in [0.2, 0.25) is 0 Å². The molecule has 0 fully saturated rings. The third-order valence-electron chi connectivity index (χ3n) is 1.90. The predicted molar refractivity (Wildman–Crippen MR) is 61.1 cm³/mol. The number of carbonyl (C=O) groups is 2. The van der Waals surface area contributed by atoms with Gasteiger partial charge in [0, 0.05) is 11.6 Å². The third-order valence-corrected chi connectivity index (χ3v) is 2.15. The zero-order valence-corrected chi connectivity index (χ0v) is 9.57. The normalized spacial score (nSPS) is 9.76. The molecule has 2 amide bonds. The molecule has 1 aromatic rings. The molecule has 0 saturated carbocycles. The molecule has 1 aromatic carbocycles. The number of amides is 2. The third kappa shape index (κ3) is 4.71. The highest BCUT2D eigenvalue weighted by atomic mass is 35.5. The molecule has 6 nitrogen and oxygen atoms in total. The lowest BCUT2D eigenvalue weighted by molar-refractivity contribution is -0.137. The van der Waals surface area contributed by atoms with Crippen molar-refractivity contribution in [2.45, 2.75) is 6.54 Å². The highest BCUT2D eigenvalue weighted by Crippen LogP contribution is 2.09. The van der Waals surface area contributed by atoms with Crippen LogP contribution in [-0.4, -0.2) is 28.7 Å². The molecular weight excluding hydrogens is 246 g/mol. The van der Waals surface area contributed by atoms with Gasteiger partial charge in [-0.3, -0.25) is 4.79 Å². The molecule has 0 spiro atoms. The van der Waals surface area contributed by atoms with Crippen LogP contribution in [0.25, 0.3) is 0 Å². The first-order valence-corrected chi connectivity index (χ1v) is 5.09. The van der Waals surface area contributed by atoms with Crippen LogP contribution in [0.3, 0.4) is 0 Å².